The van der Waals surface area contributed by atoms with E-state index >= 15 is 0 Å². The first-order chi connectivity index (χ1) is 15.0. The summed E-state index contributed by atoms with van der Waals surface area (Å²) >= 11 is 0. The molecule has 6 nitrogen and oxygen atoms in total. The molecule has 0 radical (unpaired) electrons. The molecule has 2 heterocycles. The number of aryl methyl sites for hydroxylation is 2. The number of carbonyl (C=O) groups excluding carboxylic acids is 1. The highest BCUT2D eigenvalue weighted by molar-refractivity contribution is 5.95. The highest BCUT2D eigenvalue weighted by Gasteiger charge is 2.24. The molecular formula is C25H28N2O4. The molecule has 3 aromatic rings. The van der Waals surface area contributed by atoms with Crippen molar-refractivity contribution in [1.82, 2.24) is 4.90 Å². The summed E-state index contributed by atoms with van der Waals surface area (Å²) in [5.41, 5.74) is 4.58. The number of hydrogen-bond acceptors (Lipinski definition) is 5. The van der Waals surface area contributed by atoms with Crippen LogP contribution in [0.2, 0.25) is 0 Å². The van der Waals surface area contributed by atoms with Crippen LogP contribution in [0.25, 0.3) is 11.0 Å². The average Bonchev–Trinajstić information content (AvgIpc) is 2.80. The van der Waals surface area contributed by atoms with Crippen molar-refractivity contribution in [2.24, 2.45) is 5.92 Å². The van der Waals surface area contributed by atoms with E-state index in [9.17, 15) is 14.7 Å². The minimum atomic E-state index is -0.370. The van der Waals surface area contributed by atoms with Crippen molar-refractivity contribution in [1.29, 1.82) is 0 Å². The molecule has 1 aliphatic heterocycles. The van der Waals surface area contributed by atoms with E-state index in [0.717, 1.165) is 47.2 Å². The van der Waals surface area contributed by atoms with Crippen LogP contribution in [-0.4, -0.2) is 35.6 Å². The van der Waals surface area contributed by atoms with Crippen LogP contribution >= 0.6 is 0 Å². The lowest BCUT2D eigenvalue weighted by atomic mass is 9.98. The van der Waals surface area contributed by atoms with E-state index in [0.29, 0.717) is 24.2 Å². The normalized spacial score (nSPS) is 16.5. The first-order valence-electron chi connectivity index (χ1n) is 10.7. The number of carbonyl (C=O) groups is 1. The van der Waals surface area contributed by atoms with Gasteiger partial charge in [-0.15, -0.1) is 0 Å². The van der Waals surface area contributed by atoms with Crippen LogP contribution in [0, 0.1) is 19.8 Å². The Morgan fingerprint density at radius 1 is 1.23 bits per heavy atom. The van der Waals surface area contributed by atoms with E-state index in [-0.39, 0.29) is 24.1 Å². The van der Waals surface area contributed by atoms with Gasteiger partial charge in [-0.3, -0.25) is 4.79 Å². The maximum absolute atomic E-state index is 12.9. The Labute approximate surface area is 181 Å². The minimum Gasteiger partial charge on any atom is -0.422 e. The van der Waals surface area contributed by atoms with E-state index < -0.39 is 0 Å². The van der Waals surface area contributed by atoms with Gasteiger partial charge in [-0.2, -0.15) is 0 Å². The molecule has 0 saturated carbocycles. The fourth-order valence-corrected chi connectivity index (χ4v) is 4.21. The van der Waals surface area contributed by atoms with Crippen LogP contribution in [-0.2, 0) is 6.54 Å². The highest BCUT2D eigenvalue weighted by Crippen LogP contribution is 2.24. The third-order valence-electron chi connectivity index (χ3n) is 6.17. The van der Waals surface area contributed by atoms with Crippen molar-refractivity contribution in [3.05, 3.63) is 75.1 Å². The van der Waals surface area contributed by atoms with Crippen LogP contribution < -0.4 is 10.9 Å². The maximum Gasteiger partial charge on any atom is 0.336 e. The van der Waals surface area contributed by atoms with Gasteiger partial charge in [-0.25, -0.2) is 4.79 Å². The number of nitrogens with one attached hydrogen (secondary N) is 1. The van der Waals surface area contributed by atoms with E-state index in [4.69, 9.17) is 4.42 Å². The Morgan fingerprint density at radius 3 is 2.87 bits per heavy atom. The molecule has 1 aromatic heterocycles. The molecule has 1 unspecified atom stereocenters. The number of fused-ring (bicyclic) bond motifs is 1. The number of benzene rings is 2. The first-order valence-corrected chi connectivity index (χ1v) is 10.7. The number of piperidine rings is 1. The van der Waals surface area contributed by atoms with E-state index in [2.05, 4.69) is 5.32 Å². The van der Waals surface area contributed by atoms with E-state index in [1.54, 1.807) is 0 Å². The monoisotopic (exact) mass is 420 g/mol. The number of aliphatic hydroxyl groups excluding tert-OH is 1. The number of nitrogens with zero attached hydrogens (tertiary/aromatic N) is 1. The molecule has 1 amide bonds. The van der Waals surface area contributed by atoms with Crippen LogP contribution in [0.4, 0.5) is 5.69 Å². The number of aliphatic hydroxyl groups is 1. The second kappa shape index (κ2) is 8.94. The maximum atomic E-state index is 12.9. The van der Waals surface area contributed by atoms with E-state index in [1.165, 1.54) is 6.07 Å². The Morgan fingerprint density at radius 2 is 2.06 bits per heavy atom. The van der Waals surface area contributed by atoms with Crippen molar-refractivity contribution in [3.63, 3.8) is 0 Å². The summed E-state index contributed by atoms with van der Waals surface area (Å²) in [6.45, 7) is 5.82. The zero-order chi connectivity index (χ0) is 22.0. The second-order valence-electron chi connectivity index (χ2n) is 8.35. The van der Waals surface area contributed by atoms with Gasteiger partial charge in [0.25, 0.3) is 5.91 Å². The second-order valence-corrected chi connectivity index (χ2v) is 8.35. The van der Waals surface area contributed by atoms with Gasteiger partial charge in [-0.1, -0.05) is 18.2 Å². The summed E-state index contributed by atoms with van der Waals surface area (Å²) in [5.74, 6) is 0.142. The summed E-state index contributed by atoms with van der Waals surface area (Å²) in [4.78, 5) is 26.8. The highest BCUT2D eigenvalue weighted by atomic mass is 16.4. The molecule has 162 valence electrons. The van der Waals surface area contributed by atoms with Gasteiger partial charge in [0, 0.05) is 48.9 Å². The topological polar surface area (TPSA) is 82.8 Å². The van der Waals surface area contributed by atoms with Crippen molar-refractivity contribution in [2.45, 2.75) is 33.2 Å². The zero-order valence-corrected chi connectivity index (χ0v) is 18.0. The predicted octanol–water partition coefficient (Wildman–Crippen LogP) is 3.87. The fourth-order valence-electron chi connectivity index (χ4n) is 4.21. The van der Waals surface area contributed by atoms with Crippen LogP contribution in [0.5, 0.6) is 0 Å². The van der Waals surface area contributed by atoms with Crippen molar-refractivity contribution >= 4 is 22.6 Å². The molecule has 0 aliphatic carbocycles. The zero-order valence-electron chi connectivity index (χ0n) is 18.0. The summed E-state index contributed by atoms with van der Waals surface area (Å²) in [6.07, 6.45) is 1.87. The molecule has 0 bridgehead atoms. The number of hydrogen-bond donors (Lipinski definition) is 2. The lowest BCUT2D eigenvalue weighted by Crippen LogP contribution is -2.40. The van der Waals surface area contributed by atoms with Gasteiger partial charge in [-0.05, 0) is 67.5 Å². The Kier molecular flexibility index (Phi) is 6.09. The lowest BCUT2D eigenvalue weighted by molar-refractivity contribution is 0.0621. The van der Waals surface area contributed by atoms with Crippen molar-refractivity contribution in [3.8, 4) is 0 Å². The Hall–Kier alpha value is -3.12. The number of anilines is 1. The molecule has 0 spiro atoms. The van der Waals surface area contributed by atoms with Gasteiger partial charge in [0.2, 0.25) is 0 Å². The molecule has 1 atom stereocenters. The minimum absolute atomic E-state index is 0.0151. The summed E-state index contributed by atoms with van der Waals surface area (Å²) in [5, 5.41) is 13.7. The van der Waals surface area contributed by atoms with Gasteiger partial charge in [0.15, 0.2) is 0 Å². The standard InChI is InChI=1S/C25H28N2O4/c1-16-8-9-22-20(12-23(29)31-24(22)17(16)2)13-26-21-7-3-6-19(11-21)25(30)27-10-4-5-18(14-27)15-28/h3,6-9,11-12,18,26,28H,4-5,10,13-15H2,1-2H3. The number of rotatable bonds is 5. The third-order valence-corrected chi connectivity index (χ3v) is 6.17. The summed E-state index contributed by atoms with van der Waals surface area (Å²) < 4.78 is 5.45. The Balaban J connectivity index is 1.53. The van der Waals surface area contributed by atoms with Crippen LogP contribution in [0.15, 0.2) is 51.7 Å². The molecule has 31 heavy (non-hydrogen) atoms. The molecule has 1 saturated heterocycles. The van der Waals surface area contributed by atoms with Gasteiger partial charge in [0.1, 0.15) is 5.58 Å². The number of likely N-dealkylation sites (tertiary alicyclic amines) is 1. The molecular weight excluding hydrogens is 392 g/mol. The molecule has 2 aromatic carbocycles. The third kappa shape index (κ3) is 4.49. The largest absolute Gasteiger partial charge is 0.422 e. The number of amides is 1. The molecule has 4 rings (SSSR count). The van der Waals surface area contributed by atoms with Gasteiger partial charge < -0.3 is 19.7 Å². The summed E-state index contributed by atoms with van der Waals surface area (Å²) in [7, 11) is 0. The van der Waals surface area contributed by atoms with Gasteiger partial charge >= 0.3 is 5.63 Å². The van der Waals surface area contributed by atoms with Crippen LogP contribution in [0.1, 0.15) is 39.9 Å². The molecule has 1 fully saturated rings. The van der Waals surface area contributed by atoms with Crippen LogP contribution in [0.3, 0.4) is 0 Å². The fraction of sp³-hybridized carbons (Fsp3) is 0.360. The SMILES string of the molecule is Cc1ccc2c(CNc3cccc(C(=O)N4CCCC(CO)C4)c3)cc(=O)oc2c1C. The molecule has 1 aliphatic rings. The predicted molar refractivity (Wildman–Crippen MR) is 121 cm³/mol. The van der Waals surface area contributed by atoms with E-state index in [1.807, 2.05) is 55.1 Å². The first kappa shape index (κ1) is 21.1. The summed E-state index contributed by atoms with van der Waals surface area (Å²) in [6, 6.07) is 12.9. The Bertz CT molecular complexity index is 1170. The quantitative estimate of drug-likeness (QED) is 0.613. The average molecular weight is 421 g/mol. The smallest absolute Gasteiger partial charge is 0.336 e. The molecule has 2 N–H and O–H groups in total. The van der Waals surface area contributed by atoms with Crippen molar-refractivity contribution in [2.75, 3.05) is 25.0 Å². The molecule has 6 heteroatoms. The lowest BCUT2D eigenvalue weighted by Gasteiger charge is -2.32. The van der Waals surface area contributed by atoms with Crippen molar-refractivity contribution < 1.29 is 14.3 Å². The van der Waals surface area contributed by atoms with Gasteiger partial charge in [0.05, 0.1) is 0 Å².